The van der Waals surface area contributed by atoms with Crippen molar-refractivity contribution in [2.75, 3.05) is 7.11 Å². The van der Waals surface area contributed by atoms with Crippen LogP contribution in [-0.2, 0) is 8.98 Å². The Bertz CT molecular complexity index is 524. The van der Waals surface area contributed by atoms with Crippen LogP contribution in [0, 0.1) is 0 Å². The maximum absolute atomic E-state index is 13.0. The van der Waals surface area contributed by atoms with Crippen molar-refractivity contribution >= 4 is 35.5 Å². The Hall–Kier alpha value is -1.11. The van der Waals surface area contributed by atoms with Crippen LogP contribution in [0.2, 0.25) is 0 Å². The smallest absolute Gasteiger partial charge is 0.267 e. The molecule has 2 rings (SSSR count). The second-order valence-corrected chi connectivity index (χ2v) is 6.59. The predicted molar refractivity (Wildman–Crippen MR) is 117 cm³/mol. The van der Waals surface area contributed by atoms with Crippen molar-refractivity contribution in [1.29, 1.82) is 0 Å². The molecule has 0 N–H and O–H groups in total. The minimum absolute atomic E-state index is 0.0310. The minimum Gasteiger partial charge on any atom is -0.302 e. The molecule has 0 aromatic heterocycles. The number of rotatable bonds is 5. The first kappa shape index (κ1) is 24.9. The highest BCUT2D eigenvalue weighted by molar-refractivity contribution is 7.94. The monoisotopic (exact) mass is 398 g/mol. The Kier molecular flexibility index (Phi) is 12.6. The third-order valence-electron chi connectivity index (χ3n) is 4.09. The van der Waals surface area contributed by atoms with Crippen LogP contribution in [-0.4, -0.2) is 32.9 Å². The van der Waals surface area contributed by atoms with Crippen molar-refractivity contribution in [1.82, 2.24) is 9.21 Å². The molecule has 1 saturated heterocycles. The summed E-state index contributed by atoms with van der Waals surface area (Å²) in [6.07, 6.45) is 12.4. The summed E-state index contributed by atoms with van der Waals surface area (Å²) in [7, 11) is 1.54. The van der Waals surface area contributed by atoms with Gasteiger partial charge >= 0.3 is 0 Å². The van der Waals surface area contributed by atoms with Gasteiger partial charge in [0, 0.05) is 5.70 Å². The molecule has 1 aliphatic heterocycles. The van der Waals surface area contributed by atoms with Crippen LogP contribution in [0.1, 0.15) is 66.7 Å². The van der Waals surface area contributed by atoms with Gasteiger partial charge in [0.15, 0.2) is 5.11 Å². The lowest BCUT2D eigenvalue weighted by Crippen LogP contribution is -2.50. The van der Waals surface area contributed by atoms with Crippen LogP contribution in [0.5, 0.6) is 0 Å². The number of carbonyl (C=O) groups is 1. The maximum atomic E-state index is 13.0. The fraction of sp³-hybridized carbons (Fsp3) is 0.600. The Morgan fingerprint density at radius 3 is 2.27 bits per heavy atom. The zero-order valence-electron chi connectivity index (χ0n) is 17.1. The van der Waals surface area contributed by atoms with Crippen molar-refractivity contribution in [3.05, 3.63) is 36.6 Å². The van der Waals surface area contributed by atoms with E-state index in [-0.39, 0.29) is 5.91 Å². The molecule has 148 valence electrons. The molecule has 0 aromatic carbocycles. The molecule has 0 aromatic rings. The lowest BCUT2D eigenvalue weighted by atomic mass is 9.80. The predicted octanol–water partition coefficient (Wildman–Crippen LogP) is 6.03. The molecule has 1 saturated carbocycles. The second kappa shape index (κ2) is 13.1. The highest BCUT2D eigenvalue weighted by Gasteiger charge is 2.56. The number of allylic oxidation sites excluding steroid dienone is 4. The zero-order chi connectivity index (χ0) is 20.2. The zero-order valence-corrected chi connectivity index (χ0v) is 18.7. The number of hydrogen-bond acceptors (Lipinski definition) is 4. The number of amides is 1. The molecule has 26 heavy (non-hydrogen) atoms. The molecule has 2 aliphatic rings. The van der Waals surface area contributed by atoms with Crippen LogP contribution in [0.15, 0.2) is 36.6 Å². The molecular weight excluding hydrogens is 364 g/mol. The average molecular weight is 399 g/mol. The molecule has 1 heterocycles. The first-order chi connectivity index (χ1) is 12.6. The van der Waals surface area contributed by atoms with E-state index in [9.17, 15) is 4.79 Å². The highest BCUT2D eigenvalue weighted by atomic mass is 32.2. The fourth-order valence-corrected chi connectivity index (χ4v) is 4.20. The Morgan fingerprint density at radius 2 is 1.81 bits per heavy atom. The van der Waals surface area contributed by atoms with E-state index in [4.69, 9.17) is 16.4 Å². The summed E-state index contributed by atoms with van der Waals surface area (Å²) in [5.74, 6) is 0.0310. The molecular formula is C20H34N2O2S2. The van der Waals surface area contributed by atoms with Crippen molar-refractivity contribution in [2.24, 2.45) is 0 Å². The second-order valence-electron chi connectivity index (χ2n) is 5.38. The van der Waals surface area contributed by atoms with Gasteiger partial charge in [-0.3, -0.25) is 8.98 Å². The third-order valence-corrected chi connectivity index (χ3v) is 5.21. The van der Waals surface area contributed by atoms with Gasteiger partial charge < -0.3 is 4.90 Å². The van der Waals surface area contributed by atoms with Gasteiger partial charge in [-0.25, -0.2) is 4.31 Å². The van der Waals surface area contributed by atoms with E-state index in [0.717, 1.165) is 50.0 Å². The van der Waals surface area contributed by atoms with Gasteiger partial charge in [-0.1, -0.05) is 65.7 Å². The van der Waals surface area contributed by atoms with Crippen LogP contribution in [0.3, 0.4) is 0 Å². The van der Waals surface area contributed by atoms with Gasteiger partial charge in [-0.15, -0.1) is 0 Å². The molecule has 0 radical (unpaired) electrons. The van der Waals surface area contributed by atoms with E-state index in [0.29, 0.717) is 5.11 Å². The summed E-state index contributed by atoms with van der Waals surface area (Å²) in [4.78, 5) is 15.0. The topological polar surface area (TPSA) is 32.8 Å². The standard InChI is InChI=1S/C16H22N2O2S2.2C2H6/c1-4-9-13(10-5-2)17-15(21)18(22-20-3)14(19)16(17)11-7-6-8-12-16;2*1-2/h4-5,9-10H,1,6-8,11-12H2,2-3H3;2*1-2H3/b10-5-,13-9+;;. The van der Waals surface area contributed by atoms with Gasteiger partial charge in [0.2, 0.25) is 0 Å². The molecule has 0 unspecified atom stereocenters. The molecule has 0 bridgehead atoms. The number of thiocarbonyl (C=S) groups is 1. The van der Waals surface area contributed by atoms with Crippen LogP contribution in [0.4, 0.5) is 0 Å². The van der Waals surface area contributed by atoms with E-state index in [1.807, 2.05) is 57.7 Å². The van der Waals surface area contributed by atoms with Crippen molar-refractivity contribution in [3.63, 3.8) is 0 Å². The summed E-state index contributed by atoms with van der Waals surface area (Å²) < 4.78 is 6.60. The van der Waals surface area contributed by atoms with E-state index < -0.39 is 5.54 Å². The molecule has 0 atom stereocenters. The summed E-state index contributed by atoms with van der Waals surface area (Å²) in [6, 6.07) is 0. The summed E-state index contributed by atoms with van der Waals surface area (Å²) >= 11 is 6.59. The lowest BCUT2D eigenvalue weighted by Gasteiger charge is -2.39. The lowest BCUT2D eigenvalue weighted by molar-refractivity contribution is -0.131. The van der Waals surface area contributed by atoms with E-state index in [1.165, 1.54) is 4.31 Å². The Morgan fingerprint density at radius 1 is 1.23 bits per heavy atom. The maximum Gasteiger partial charge on any atom is 0.267 e. The van der Waals surface area contributed by atoms with Crippen molar-refractivity contribution in [3.8, 4) is 0 Å². The molecule has 6 heteroatoms. The number of hydrogen-bond donors (Lipinski definition) is 0. The Labute approximate surface area is 169 Å². The van der Waals surface area contributed by atoms with Crippen LogP contribution >= 0.6 is 24.4 Å². The van der Waals surface area contributed by atoms with E-state index in [1.54, 1.807) is 13.2 Å². The number of carbonyl (C=O) groups excluding carboxylic acids is 1. The summed E-state index contributed by atoms with van der Waals surface area (Å²) in [5, 5.41) is 0.491. The van der Waals surface area contributed by atoms with Gasteiger partial charge in [0.25, 0.3) is 5.91 Å². The third kappa shape index (κ3) is 5.21. The molecule has 4 nitrogen and oxygen atoms in total. The fourth-order valence-electron chi connectivity index (χ4n) is 3.21. The molecule has 1 amide bonds. The SMILES string of the molecule is C=C/C=C(\C=C/C)N1C(=S)N(SOC)C(=O)C12CCCCC2.CC.CC. The van der Waals surface area contributed by atoms with Gasteiger partial charge in [-0.05, 0) is 44.1 Å². The normalized spacial score (nSPS) is 19.2. The van der Waals surface area contributed by atoms with Crippen molar-refractivity contribution < 1.29 is 8.98 Å². The Balaban J connectivity index is 0.00000146. The molecule has 1 aliphatic carbocycles. The van der Waals surface area contributed by atoms with Gasteiger partial charge in [-0.2, -0.15) is 0 Å². The molecule has 1 spiro atoms. The largest absolute Gasteiger partial charge is 0.302 e. The first-order valence-electron chi connectivity index (χ1n) is 9.47. The van der Waals surface area contributed by atoms with E-state index >= 15 is 0 Å². The average Bonchev–Trinajstić information content (AvgIpc) is 2.87. The summed E-state index contributed by atoms with van der Waals surface area (Å²) in [6.45, 7) is 13.7. The van der Waals surface area contributed by atoms with Gasteiger partial charge in [0.05, 0.1) is 7.11 Å². The van der Waals surface area contributed by atoms with E-state index in [2.05, 4.69) is 6.58 Å². The summed E-state index contributed by atoms with van der Waals surface area (Å²) in [5.41, 5.74) is 0.326. The quantitative estimate of drug-likeness (QED) is 0.244. The van der Waals surface area contributed by atoms with Gasteiger partial charge in [0.1, 0.15) is 17.8 Å². The minimum atomic E-state index is -0.574. The highest BCUT2D eigenvalue weighted by Crippen LogP contribution is 2.45. The van der Waals surface area contributed by atoms with Crippen molar-refractivity contribution in [2.45, 2.75) is 72.3 Å². The molecule has 2 fully saturated rings. The number of nitrogens with zero attached hydrogens (tertiary/aromatic N) is 2. The van der Waals surface area contributed by atoms with Crippen LogP contribution in [0.25, 0.3) is 0 Å². The first-order valence-corrected chi connectivity index (χ1v) is 10.6. The van der Waals surface area contributed by atoms with Crippen LogP contribution < -0.4 is 0 Å².